The first-order chi connectivity index (χ1) is 16.5. The third-order valence-electron chi connectivity index (χ3n) is 13.4. The average molecular weight is 499 g/mol. The summed E-state index contributed by atoms with van der Waals surface area (Å²) in [4.78, 5) is 24.8. The van der Waals surface area contributed by atoms with Crippen LogP contribution in [0.2, 0.25) is 0 Å². The van der Waals surface area contributed by atoms with E-state index in [4.69, 9.17) is 4.74 Å². The van der Waals surface area contributed by atoms with Crippen molar-refractivity contribution >= 4 is 11.9 Å². The Morgan fingerprint density at radius 3 is 2.19 bits per heavy atom. The van der Waals surface area contributed by atoms with E-state index in [0.717, 1.165) is 25.7 Å². The number of carbonyl (C=O) groups is 2. The number of esters is 1. The van der Waals surface area contributed by atoms with Gasteiger partial charge in [-0.2, -0.15) is 0 Å². The monoisotopic (exact) mass is 498 g/mol. The van der Waals surface area contributed by atoms with Gasteiger partial charge in [-0.3, -0.25) is 9.59 Å². The predicted molar refractivity (Wildman–Crippen MR) is 142 cm³/mol. The zero-order valence-electron chi connectivity index (χ0n) is 24.1. The van der Waals surface area contributed by atoms with Crippen molar-refractivity contribution in [2.75, 3.05) is 0 Å². The summed E-state index contributed by atoms with van der Waals surface area (Å²) < 4.78 is 5.69. The summed E-state index contributed by atoms with van der Waals surface area (Å²) in [6.07, 6.45) is 13.3. The lowest BCUT2D eigenvalue weighted by Gasteiger charge is -2.71. The lowest BCUT2D eigenvalue weighted by Crippen LogP contribution is -2.66. The van der Waals surface area contributed by atoms with Gasteiger partial charge in [0.2, 0.25) is 0 Å². The minimum absolute atomic E-state index is 0.0136. The summed E-state index contributed by atoms with van der Waals surface area (Å²) in [7, 11) is 0. The van der Waals surface area contributed by atoms with E-state index in [1.54, 1.807) is 5.57 Å². The van der Waals surface area contributed by atoms with Crippen LogP contribution in [0.15, 0.2) is 11.6 Å². The number of carbonyl (C=O) groups excluding carboxylic acids is 1. The fourth-order valence-electron chi connectivity index (χ4n) is 10.9. The van der Waals surface area contributed by atoms with Crippen LogP contribution in [0, 0.1) is 50.2 Å². The lowest BCUT2D eigenvalue weighted by atomic mass is 9.33. The van der Waals surface area contributed by atoms with Crippen LogP contribution in [-0.4, -0.2) is 23.1 Å². The van der Waals surface area contributed by atoms with Crippen LogP contribution in [-0.2, 0) is 14.3 Å². The molecule has 202 valence electrons. The number of carboxylic acids is 1. The van der Waals surface area contributed by atoms with Crippen LogP contribution < -0.4 is 0 Å². The van der Waals surface area contributed by atoms with Gasteiger partial charge < -0.3 is 9.84 Å². The fraction of sp³-hybridized carbons (Fsp3) is 0.875. The van der Waals surface area contributed by atoms with Crippen LogP contribution in [0.1, 0.15) is 120 Å². The zero-order valence-corrected chi connectivity index (χ0v) is 24.1. The third kappa shape index (κ3) is 3.30. The van der Waals surface area contributed by atoms with Gasteiger partial charge in [0.05, 0.1) is 0 Å². The number of allylic oxidation sites excluding steroid dienone is 2. The summed E-state index contributed by atoms with van der Waals surface area (Å²) in [5, 5.41) is 10.5. The zero-order chi connectivity index (χ0) is 26.5. The minimum Gasteiger partial charge on any atom is -0.481 e. The van der Waals surface area contributed by atoms with Crippen molar-refractivity contribution in [3.05, 3.63) is 11.6 Å². The SMILES string of the molecule is CC(=O)O[C@@H]1CC[C@]2(C)[C@H]3CC=C4[C@H]5CC(C)(C)CC[C@]5(C)CC[C@]4(C)[C@]3(C)CC[C@@H]2[C@@]1(C)C(=O)O. The first kappa shape index (κ1) is 26.3. The van der Waals surface area contributed by atoms with Crippen molar-refractivity contribution in [1.82, 2.24) is 0 Å². The molecule has 5 rings (SSSR count). The molecule has 0 radical (unpaired) electrons. The molecule has 4 nitrogen and oxygen atoms in total. The summed E-state index contributed by atoms with van der Waals surface area (Å²) in [6.45, 7) is 18.3. The molecule has 36 heavy (non-hydrogen) atoms. The number of rotatable bonds is 2. The normalized spacial score (nSPS) is 51.5. The van der Waals surface area contributed by atoms with E-state index < -0.39 is 17.5 Å². The molecule has 0 spiro atoms. The number of hydrogen-bond acceptors (Lipinski definition) is 3. The van der Waals surface area contributed by atoms with Crippen molar-refractivity contribution in [2.45, 2.75) is 126 Å². The van der Waals surface area contributed by atoms with Crippen LogP contribution in [0.3, 0.4) is 0 Å². The van der Waals surface area contributed by atoms with E-state index in [-0.39, 0.29) is 28.1 Å². The maximum Gasteiger partial charge on any atom is 0.313 e. The smallest absolute Gasteiger partial charge is 0.313 e. The Morgan fingerprint density at radius 1 is 0.889 bits per heavy atom. The fourth-order valence-corrected chi connectivity index (χ4v) is 10.9. The quantitative estimate of drug-likeness (QED) is 0.311. The van der Waals surface area contributed by atoms with Crippen molar-refractivity contribution in [3.63, 3.8) is 0 Å². The van der Waals surface area contributed by atoms with Crippen LogP contribution in [0.25, 0.3) is 0 Å². The van der Waals surface area contributed by atoms with E-state index in [9.17, 15) is 14.7 Å². The Balaban J connectivity index is 1.56. The van der Waals surface area contributed by atoms with Crippen LogP contribution in [0.4, 0.5) is 0 Å². The van der Waals surface area contributed by atoms with Crippen molar-refractivity contribution < 1.29 is 19.4 Å². The Bertz CT molecular complexity index is 996. The molecule has 4 heteroatoms. The molecule has 4 saturated carbocycles. The Labute approximate surface area is 219 Å². The Morgan fingerprint density at radius 2 is 1.56 bits per heavy atom. The largest absolute Gasteiger partial charge is 0.481 e. The maximum absolute atomic E-state index is 12.8. The maximum atomic E-state index is 12.8. The second-order valence-corrected chi connectivity index (χ2v) is 15.6. The number of ether oxygens (including phenoxy) is 1. The number of hydrogen-bond donors (Lipinski definition) is 1. The van der Waals surface area contributed by atoms with Gasteiger partial charge in [-0.25, -0.2) is 0 Å². The highest BCUT2D eigenvalue weighted by Gasteiger charge is 2.70. The second-order valence-electron chi connectivity index (χ2n) is 15.6. The third-order valence-corrected chi connectivity index (χ3v) is 13.4. The molecule has 0 heterocycles. The van der Waals surface area contributed by atoms with Gasteiger partial charge in [-0.05, 0) is 116 Å². The number of carboxylic acid groups (broad SMARTS) is 1. The standard InChI is InChI=1S/C32H50O4/c1-20(33)36-25-12-13-29(5)23-10-9-21-22-19-27(2,3)15-16-28(22,4)17-18-30(21,6)31(23,7)14-11-24(29)32(25,8)26(34)35/h9,22-25H,10-19H2,1-8H3,(H,34,35)/t22-,23-,24+,25-,28-,29-,30+,31-,32-/m1/s1. The van der Waals surface area contributed by atoms with E-state index in [1.165, 1.54) is 39.0 Å². The summed E-state index contributed by atoms with van der Waals surface area (Å²) in [5.74, 6) is -0.0260. The van der Waals surface area contributed by atoms with E-state index >= 15 is 0 Å². The van der Waals surface area contributed by atoms with Crippen LogP contribution in [0.5, 0.6) is 0 Å². The Kier molecular flexibility index (Phi) is 5.74. The molecule has 9 atom stereocenters. The highest BCUT2D eigenvalue weighted by Crippen LogP contribution is 2.75. The first-order valence-electron chi connectivity index (χ1n) is 14.6. The van der Waals surface area contributed by atoms with Gasteiger partial charge in [0.25, 0.3) is 0 Å². The van der Waals surface area contributed by atoms with Gasteiger partial charge in [0.15, 0.2) is 0 Å². The predicted octanol–water partition coefficient (Wildman–Crippen LogP) is 7.80. The molecule has 5 aliphatic carbocycles. The number of aliphatic carboxylic acids is 1. The molecule has 5 aliphatic rings. The molecule has 1 N–H and O–H groups in total. The highest BCUT2D eigenvalue weighted by molar-refractivity contribution is 5.77. The van der Waals surface area contributed by atoms with Crippen molar-refractivity contribution in [1.29, 1.82) is 0 Å². The molecule has 0 amide bonds. The van der Waals surface area contributed by atoms with Gasteiger partial charge in [0.1, 0.15) is 11.5 Å². The molecule has 4 fully saturated rings. The van der Waals surface area contributed by atoms with Gasteiger partial charge >= 0.3 is 11.9 Å². The first-order valence-corrected chi connectivity index (χ1v) is 14.6. The van der Waals surface area contributed by atoms with Gasteiger partial charge in [-0.1, -0.05) is 53.2 Å². The van der Waals surface area contributed by atoms with E-state index in [0.29, 0.717) is 29.1 Å². The summed E-state index contributed by atoms with van der Waals surface area (Å²) in [5.41, 5.74) is 1.81. The average Bonchev–Trinajstić information content (AvgIpc) is 2.77. The molecular weight excluding hydrogens is 448 g/mol. The molecule has 0 aromatic carbocycles. The lowest BCUT2D eigenvalue weighted by molar-refractivity contribution is -0.222. The Hall–Kier alpha value is -1.32. The molecule has 0 unspecified atom stereocenters. The molecular formula is C32H50O4. The second kappa shape index (κ2) is 7.85. The molecule has 0 aliphatic heterocycles. The molecule has 0 bridgehead atoms. The minimum atomic E-state index is -1.04. The summed E-state index contributed by atoms with van der Waals surface area (Å²) in [6, 6.07) is 0. The highest BCUT2D eigenvalue weighted by atomic mass is 16.5. The molecule has 0 aromatic rings. The van der Waals surface area contributed by atoms with Gasteiger partial charge in [-0.15, -0.1) is 0 Å². The summed E-state index contributed by atoms with van der Waals surface area (Å²) >= 11 is 0. The number of fused-ring (bicyclic) bond motifs is 7. The molecule has 0 aromatic heterocycles. The topological polar surface area (TPSA) is 63.6 Å². The molecule has 0 saturated heterocycles. The van der Waals surface area contributed by atoms with Crippen molar-refractivity contribution in [2.24, 2.45) is 50.2 Å². The van der Waals surface area contributed by atoms with Crippen LogP contribution >= 0.6 is 0 Å². The van der Waals surface area contributed by atoms with Crippen molar-refractivity contribution in [3.8, 4) is 0 Å². The van der Waals surface area contributed by atoms with E-state index in [2.05, 4.69) is 47.6 Å². The van der Waals surface area contributed by atoms with Gasteiger partial charge in [0, 0.05) is 6.92 Å². The van der Waals surface area contributed by atoms with E-state index in [1.807, 2.05) is 6.92 Å².